The second kappa shape index (κ2) is 11.1. The largest absolute Gasteiger partial charge is 0.379 e. The fourth-order valence-electron chi connectivity index (χ4n) is 3.83. The number of hydrogen-bond donors (Lipinski definition) is 0. The summed E-state index contributed by atoms with van der Waals surface area (Å²) in [6.45, 7) is 9.86. The van der Waals surface area contributed by atoms with Gasteiger partial charge in [0.15, 0.2) is 15.0 Å². The molecule has 0 unspecified atom stereocenters. The Hall–Kier alpha value is -2.04. The van der Waals surface area contributed by atoms with E-state index in [0.29, 0.717) is 37.0 Å². The van der Waals surface area contributed by atoms with Gasteiger partial charge in [0, 0.05) is 31.7 Å². The lowest BCUT2D eigenvalue weighted by Gasteiger charge is -2.29. The number of rotatable bonds is 7. The standard InChI is InChI=1S/C24H29N3O4S2.ClH/c1-4-33(29,30)20-7-5-6-19(16-20)23(28)27(11-10-26-12-14-31-15-13-26)24-25-22-18(3)17(2)8-9-21(22)32-24;/h5-9,16H,4,10-15H2,1-3H3;1H. The molecule has 1 saturated heterocycles. The van der Waals surface area contributed by atoms with Crippen LogP contribution in [-0.4, -0.2) is 69.4 Å². The average Bonchev–Trinajstić information content (AvgIpc) is 3.27. The van der Waals surface area contributed by atoms with Crippen LogP contribution in [0.5, 0.6) is 0 Å². The molecule has 3 aromatic rings. The average molecular weight is 524 g/mol. The first kappa shape index (κ1) is 26.6. The number of carbonyl (C=O) groups excluding carboxylic acids is 1. The van der Waals surface area contributed by atoms with Crippen LogP contribution in [0, 0.1) is 13.8 Å². The van der Waals surface area contributed by atoms with E-state index < -0.39 is 9.84 Å². The maximum Gasteiger partial charge on any atom is 0.260 e. The molecule has 0 N–H and O–H groups in total. The highest BCUT2D eigenvalue weighted by Crippen LogP contribution is 2.32. The van der Waals surface area contributed by atoms with E-state index in [1.54, 1.807) is 24.0 Å². The molecule has 10 heteroatoms. The van der Waals surface area contributed by atoms with Crippen molar-refractivity contribution in [1.29, 1.82) is 0 Å². The number of sulfone groups is 1. The van der Waals surface area contributed by atoms with E-state index in [2.05, 4.69) is 17.9 Å². The summed E-state index contributed by atoms with van der Waals surface area (Å²) < 4.78 is 31.2. The van der Waals surface area contributed by atoms with Gasteiger partial charge in [-0.1, -0.05) is 30.4 Å². The number of halogens is 1. The van der Waals surface area contributed by atoms with E-state index in [4.69, 9.17) is 9.72 Å². The van der Waals surface area contributed by atoms with E-state index in [1.807, 2.05) is 13.0 Å². The summed E-state index contributed by atoms with van der Waals surface area (Å²) in [4.78, 5) is 22.6. The number of anilines is 1. The fourth-order valence-corrected chi connectivity index (χ4v) is 5.80. The SMILES string of the molecule is CCS(=O)(=O)c1cccc(C(=O)N(CCN2CCOCC2)c2nc3c(C)c(C)ccc3s2)c1.Cl. The maximum absolute atomic E-state index is 13.7. The number of benzene rings is 2. The topological polar surface area (TPSA) is 79.8 Å². The first-order chi connectivity index (χ1) is 15.8. The third kappa shape index (κ3) is 5.60. The molecule has 0 bridgehead atoms. The van der Waals surface area contributed by atoms with Crippen LogP contribution in [0.1, 0.15) is 28.4 Å². The van der Waals surface area contributed by atoms with Crippen molar-refractivity contribution < 1.29 is 17.9 Å². The van der Waals surface area contributed by atoms with Gasteiger partial charge in [-0.25, -0.2) is 13.4 Å². The smallest absolute Gasteiger partial charge is 0.260 e. The number of morpholine rings is 1. The van der Waals surface area contributed by atoms with Crippen molar-refractivity contribution >= 4 is 54.8 Å². The van der Waals surface area contributed by atoms with Gasteiger partial charge in [0.1, 0.15) is 0 Å². The first-order valence-corrected chi connectivity index (χ1v) is 13.6. The number of hydrogen-bond acceptors (Lipinski definition) is 7. The molecule has 2 heterocycles. The van der Waals surface area contributed by atoms with E-state index in [0.717, 1.165) is 34.4 Å². The molecule has 1 aliphatic heterocycles. The number of fused-ring (bicyclic) bond motifs is 1. The molecular weight excluding hydrogens is 494 g/mol. The van der Waals surface area contributed by atoms with Crippen LogP contribution in [0.25, 0.3) is 10.2 Å². The molecule has 0 aliphatic carbocycles. The number of amides is 1. The van der Waals surface area contributed by atoms with Crippen molar-refractivity contribution in [2.45, 2.75) is 25.7 Å². The summed E-state index contributed by atoms with van der Waals surface area (Å²) in [6.07, 6.45) is 0. The van der Waals surface area contributed by atoms with E-state index in [1.165, 1.54) is 23.5 Å². The van der Waals surface area contributed by atoms with E-state index >= 15 is 0 Å². The van der Waals surface area contributed by atoms with Crippen molar-refractivity contribution in [2.24, 2.45) is 0 Å². The number of ether oxygens (including phenoxy) is 1. The predicted molar refractivity (Wildman–Crippen MR) is 139 cm³/mol. The molecule has 4 rings (SSSR count). The molecular formula is C24H30ClN3O4S2. The minimum atomic E-state index is -3.41. The lowest BCUT2D eigenvalue weighted by molar-refractivity contribution is 0.0391. The Morgan fingerprint density at radius 1 is 1.18 bits per heavy atom. The van der Waals surface area contributed by atoms with E-state index in [-0.39, 0.29) is 29.0 Å². The van der Waals surface area contributed by atoms with Gasteiger partial charge < -0.3 is 4.74 Å². The Morgan fingerprint density at radius 2 is 1.91 bits per heavy atom. The van der Waals surface area contributed by atoms with Gasteiger partial charge in [-0.3, -0.25) is 14.6 Å². The minimum absolute atomic E-state index is 0. The van der Waals surface area contributed by atoms with Crippen LogP contribution >= 0.6 is 23.7 Å². The Kier molecular flexibility index (Phi) is 8.70. The van der Waals surface area contributed by atoms with Crippen molar-refractivity contribution in [1.82, 2.24) is 9.88 Å². The van der Waals surface area contributed by atoms with Crippen molar-refractivity contribution in [3.05, 3.63) is 53.1 Å². The van der Waals surface area contributed by atoms with Gasteiger partial charge in [-0.05, 0) is 49.2 Å². The van der Waals surface area contributed by atoms with Crippen LogP contribution < -0.4 is 4.90 Å². The lowest BCUT2D eigenvalue weighted by Crippen LogP contribution is -2.43. The molecule has 0 spiro atoms. The quantitative estimate of drug-likeness (QED) is 0.463. The summed E-state index contributed by atoms with van der Waals surface area (Å²) in [6, 6.07) is 10.4. The fraction of sp³-hybridized carbons (Fsp3) is 0.417. The van der Waals surface area contributed by atoms with Crippen molar-refractivity contribution in [2.75, 3.05) is 50.0 Å². The Morgan fingerprint density at radius 3 is 2.62 bits per heavy atom. The zero-order valence-corrected chi connectivity index (χ0v) is 22.1. The highest BCUT2D eigenvalue weighted by Gasteiger charge is 2.24. The monoisotopic (exact) mass is 523 g/mol. The number of thiazole rings is 1. The molecule has 1 aliphatic rings. The third-order valence-corrected chi connectivity index (χ3v) is 8.89. The van der Waals surface area contributed by atoms with E-state index in [9.17, 15) is 13.2 Å². The van der Waals surface area contributed by atoms with Crippen molar-refractivity contribution in [3.63, 3.8) is 0 Å². The van der Waals surface area contributed by atoms with Crippen molar-refractivity contribution in [3.8, 4) is 0 Å². The zero-order valence-electron chi connectivity index (χ0n) is 19.6. The highest BCUT2D eigenvalue weighted by atomic mass is 35.5. The van der Waals surface area contributed by atoms with Gasteiger partial charge in [-0.2, -0.15) is 0 Å². The number of nitrogens with zero attached hydrogens (tertiary/aromatic N) is 3. The molecule has 7 nitrogen and oxygen atoms in total. The lowest BCUT2D eigenvalue weighted by atomic mass is 10.1. The van der Waals surface area contributed by atoms with Gasteiger partial charge in [0.2, 0.25) is 0 Å². The number of aromatic nitrogens is 1. The zero-order chi connectivity index (χ0) is 23.6. The Labute approximate surface area is 211 Å². The van der Waals surface area contributed by atoms with Crippen LogP contribution in [0.4, 0.5) is 5.13 Å². The second-order valence-corrected chi connectivity index (χ2v) is 11.5. The first-order valence-electron chi connectivity index (χ1n) is 11.1. The molecule has 1 amide bonds. The molecule has 0 atom stereocenters. The highest BCUT2D eigenvalue weighted by molar-refractivity contribution is 7.91. The molecule has 2 aromatic carbocycles. The number of aryl methyl sites for hydroxylation is 2. The normalized spacial score (nSPS) is 14.7. The summed E-state index contributed by atoms with van der Waals surface area (Å²) in [5.41, 5.74) is 3.51. The van der Waals surface area contributed by atoms with Crippen LogP contribution in [0.15, 0.2) is 41.3 Å². The predicted octanol–water partition coefficient (Wildman–Crippen LogP) is 4.11. The van der Waals surface area contributed by atoms with Crippen LogP contribution in [0.2, 0.25) is 0 Å². The van der Waals surface area contributed by atoms with Gasteiger partial charge in [0.05, 0.1) is 34.1 Å². The number of carbonyl (C=O) groups is 1. The molecule has 1 fully saturated rings. The van der Waals surface area contributed by atoms with Gasteiger partial charge in [0.25, 0.3) is 5.91 Å². The Balaban J connectivity index is 0.00000324. The summed E-state index contributed by atoms with van der Waals surface area (Å²) in [5, 5.41) is 0.626. The molecule has 0 radical (unpaired) electrons. The summed E-state index contributed by atoms with van der Waals surface area (Å²) >= 11 is 1.48. The summed E-state index contributed by atoms with van der Waals surface area (Å²) in [5.74, 6) is -0.258. The third-order valence-electron chi connectivity index (χ3n) is 6.11. The summed E-state index contributed by atoms with van der Waals surface area (Å²) in [7, 11) is -3.41. The maximum atomic E-state index is 13.7. The molecule has 34 heavy (non-hydrogen) atoms. The molecule has 0 saturated carbocycles. The van der Waals surface area contributed by atoms with Crippen LogP contribution in [-0.2, 0) is 14.6 Å². The second-order valence-electron chi connectivity index (χ2n) is 8.19. The van der Waals surface area contributed by atoms with Gasteiger partial charge in [-0.15, -0.1) is 12.4 Å². The Bertz CT molecular complexity index is 1270. The minimum Gasteiger partial charge on any atom is -0.379 e. The van der Waals surface area contributed by atoms with Crippen LogP contribution in [0.3, 0.4) is 0 Å². The molecule has 184 valence electrons. The molecule has 1 aromatic heterocycles. The van der Waals surface area contributed by atoms with Gasteiger partial charge >= 0.3 is 0 Å².